The number of para-hydroxylation sites is 1. The van der Waals surface area contributed by atoms with Gasteiger partial charge in [0.05, 0.1) is 22.2 Å². The van der Waals surface area contributed by atoms with Crippen LogP contribution in [-0.4, -0.2) is 22.5 Å². The van der Waals surface area contributed by atoms with Gasteiger partial charge in [-0.25, -0.2) is 0 Å². The number of nitro groups is 1. The van der Waals surface area contributed by atoms with Crippen LogP contribution < -0.4 is 21.5 Å². The van der Waals surface area contributed by atoms with Crippen molar-refractivity contribution in [2.45, 2.75) is 0 Å². The van der Waals surface area contributed by atoms with Gasteiger partial charge in [-0.05, 0) is 30.4 Å². The molecule has 130 valence electrons. The summed E-state index contributed by atoms with van der Waals surface area (Å²) in [6, 6.07) is 12.9. The van der Waals surface area contributed by atoms with Gasteiger partial charge in [0.2, 0.25) is 0 Å². The molecule has 10 heteroatoms. The average Bonchev–Trinajstić information content (AvgIpc) is 2.60. The van der Waals surface area contributed by atoms with E-state index in [1.165, 1.54) is 18.2 Å². The Kier molecular flexibility index (Phi) is 6.49. The third-order valence-electron chi connectivity index (χ3n) is 2.95. The van der Waals surface area contributed by atoms with Crippen molar-refractivity contribution >= 4 is 51.9 Å². The minimum absolute atomic E-state index is 0.0614. The summed E-state index contributed by atoms with van der Waals surface area (Å²) in [5, 5.41) is 17.0. The van der Waals surface area contributed by atoms with Crippen LogP contribution in [0.1, 0.15) is 0 Å². The van der Waals surface area contributed by atoms with Gasteiger partial charge >= 0.3 is 0 Å². The van der Waals surface area contributed by atoms with Crippen molar-refractivity contribution in [3.63, 3.8) is 0 Å². The van der Waals surface area contributed by atoms with Gasteiger partial charge in [-0.1, -0.05) is 29.8 Å². The first-order valence-corrected chi connectivity index (χ1v) is 7.83. The fourth-order valence-electron chi connectivity index (χ4n) is 1.80. The summed E-state index contributed by atoms with van der Waals surface area (Å²) in [6.07, 6.45) is 0. The summed E-state index contributed by atoms with van der Waals surface area (Å²) in [5.74, 6) is -0.408. The van der Waals surface area contributed by atoms with Gasteiger partial charge in [-0.2, -0.15) is 0 Å². The van der Waals surface area contributed by atoms with E-state index in [4.69, 9.17) is 23.8 Å². The van der Waals surface area contributed by atoms with E-state index in [1.54, 1.807) is 30.3 Å². The predicted molar refractivity (Wildman–Crippen MR) is 101 cm³/mol. The molecule has 0 aliphatic carbocycles. The number of hydrogen-bond donors (Lipinski definition) is 4. The van der Waals surface area contributed by atoms with E-state index in [1.807, 2.05) is 0 Å². The molecule has 0 aliphatic heterocycles. The normalized spacial score (nSPS) is 9.80. The number of nitrogens with one attached hydrogen (secondary N) is 4. The van der Waals surface area contributed by atoms with Crippen LogP contribution in [0.5, 0.6) is 0 Å². The Morgan fingerprint density at radius 2 is 1.92 bits per heavy atom. The zero-order chi connectivity index (χ0) is 18.2. The first-order valence-electron chi connectivity index (χ1n) is 7.04. The summed E-state index contributed by atoms with van der Waals surface area (Å²) in [6.45, 7) is -0.0944. The van der Waals surface area contributed by atoms with Crippen LogP contribution in [0.4, 0.5) is 17.1 Å². The fraction of sp³-hybridized carbons (Fsp3) is 0.0667. The molecule has 4 N–H and O–H groups in total. The Balaban J connectivity index is 1.77. The lowest BCUT2D eigenvalue weighted by atomic mass is 10.3. The maximum Gasteiger partial charge on any atom is 0.271 e. The number of carbonyl (C=O) groups excluding carboxylic acids is 1. The van der Waals surface area contributed by atoms with Crippen LogP contribution >= 0.6 is 23.8 Å². The number of benzene rings is 2. The Morgan fingerprint density at radius 3 is 2.64 bits per heavy atom. The van der Waals surface area contributed by atoms with Crippen LogP contribution in [-0.2, 0) is 4.79 Å². The number of thiocarbonyl (C=S) groups is 1. The van der Waals surface area contributed by atoms with Crippen molar-refractivity contribution in [1.82, 2.24) is 10.9 Å². The lowest BCUT2D eigenvalue weighted by molar-refractivity contribution is -0.384. The van der Waals surface area contributed by atoms with Crippen LogP contribution in [0, 0.1) is 10.1 Å². The van der Waals surface area contributed by atoms with Crippen molar-refractivity contribution in [3.05, 3.63) is 63.7 Å². The van der Waals surface area contributed by atoms with Gasteiger partial charge in [0.25, 0.3) is 11.6 Å². The van der Waals surface area contributed by atoms with E-state index in [0.29, 0.717) is 16.4 Å². The zero-order valence-corrected chi connectivity index (χ0v) is 14.4. The molecule has 0 saturated heterocycles. The highest BCUT2D eigenvalue weighted by molar-refractivity contribution is 7.80. The smallest absolute Gasteiger partial charge is 0.271 e. The van der Waals surface area contributed by atoms with Crippen molar-refractivity contribution in [1.29, 1.82) is 0 Å². The number of non-ortho nitro benzene ring substituents is 1. The topological polar surface area (TPSA) is 108 Å². The monoisotopic (exact) mass is 379 g/mol. The molecule has 2 aromatic rings. The van der Waals surface area contributed by atoms with E-state index in [2.05, 4.69) is 21.5 Å². The molecule has 0 radical (unpaired) electrons. The second kappa shape index (κ2) is 8.81. The molecule has 0 spiro atoms. The van der Waals surface area contributed by atoms with Crippen LogP contribution in [0.25, 0.3) is 0 Å². The van der Waals surface area contributed by atoms with Crippen LogP contribution in [0.15, 0.2) is 48.5 Å². The minimum atomic E-state index is -0.508. The highest BCUT2D eigenvalue weighted by atomic mass is 35.5. The molecule has 0 fully saturated rings. The summed E-state index contributed by atoms with van der Waals surface area (Å²) < 4.78 is 0. The Hall–Kier alpha value is -2.91. The molecule has 0 saturated carbocycles. The molecule has 0 atom stereocenters. The van der Waals surface area contributed by atoms with E-state index in [9.17, 15) is 14.9 Å². The van der Waals surface area contributed by atoms with Gasteiger partial charge in [0.1, 0.15) is 0 Å². The van der Waals surface area contributed by atoms with Crippen molar-refractivity contribution in [3.8, 4) is 0 Å². The number of rotatable bonds is 5. The van der Waals surface area contributed by atoms with Gasteiger partial charge in [0.15, 0.2) is 5.11 Å². The fourth-order valence-corrected chi connectivity index (χ4v) is 2.14. The number of carbonyl (C=O) groups is 1. The van der Waals surface area contributed by atoms with E-state index in [0.717, 1.165) is 0 Å². The molecule has 0 aliphatic rings. The molecular formula is C15H14ClN5O3S. The molecule has 2 rings (SSSR count). The number of hydrogen-bond acceptors (Lipinski definition) is 5. The molecule has 2 aromatic carbocycles. The summed E-state index contributed by atoms with van der Waals surface area (Å²) in [7, 11) is 0. The second-order valence-corrected chi connectivity index (χ2v) is 5.58. The standard InChI is InChI=1S/C15H14ClN5O3S/c16-12-6-1-2-7-13(12)18-15(25)20-19-14(22)9-17-10-4-3-5-11(8-10)21(23)24/h1-8,17H,9H2,(H,19,22)(H2,18,20,25). The maximum atomic E-state index is 11.8. The van der Waals surface area contributed by atoms with Crippen molar-refractivity contribution in [2.24, 2.45) is 0 Å². The molecule has 0 heterocycles. The summed E-state index contributed by atoms with van der Waals surface area (Å²) in [4.78, 5) is 22.0. The van der Waals surface area contributed by atoms with Crippen LogP contribution in [0.3, 0.4) is 0 Å². The van der Waals surface area contributed by atoms with Gasteiger partial charge < -0.3 is 10.6 Å². The Morgan fingerprint density at radius 1 is 1.16 bits per heavy atom. The molecular weight excluding hydrogens is 366 g/mol. The lowest BCUT2D eigenvalue weighted by Gasteiger charge is -2.13. The molecule has 0 bridgehead atoms. The Bertz CT molecular complexity index is 802. The number of nitrogens with zero attached hydrogens (tertiary/aromatic N) is 1. The number of nitro benzene ring substituents is 1. The quantitative estimate of drug-likeness (QED) is 0.359. The summed E-state index contributed by atoms with van der Waals surface area (Å²) >= 11 is 11.0. The third-order valence-corrected chi connectivity index (χ3v) is 3.48. The van der Waals surface area contributed by atoms with Gasteiger partial charge in [-0.15, -0.1) is 0 Å². The first-order chi connectivity index (χ1) is 12.0. The molecule has 0 aromatic heterocycles. The van der Waals surface area contributed by atoms with Crippen LogP contribution in [0.2, 0.25) is 5.02 Å². The maximum absolute atomic E-state index is 11.8. The SMILES string of the molecule is O=C(CNc1cccc([N+](=O)[O-])c1)NNC(=S)Nc1ccccc1Cl. The molecule has 25 heavy (non-hydrogen) atoms. The largest absolute Gasteiger partial charge is 0.376 e. The van der Waals surface area contributed by atoms with Gasteiger partial charge in [-0.3, -0.25) is 25.8 Å². The third kappa shape index (κ3) is 5.90. The number of amides is 1. The highest BCUT2D eigenvalue weighted by Gasteiger charge is 2.07. The minimum Gasteiger partial charge on any atom is -0.376 e. The van der Waals surface area contributed by atoms with Crippen molar-refractivity contribution in [2.75, 3.05) is 17.2 Å². The van der Waals surface area contributed by atoms with E-state index < -0.39 is 10.8 Å². The number of anilines is 2. The van der Waals surface area contributed by atoms with E-state index in [-0.39, 0.29) is 17.3 Å². The molecule has 8 nitrogen and oxygen atoms in total. The van der Waals surface area contributed by atoms with Gasteiger partial charge in [0, 0.05) is 17.8 Å². The number of halogens is 1. The molecule has 0 unspecified atom stereocenters. The van der Waals surface area contributed by atoms with Crippen molar-refractivity contribution < 1.29 is 9.72 Å². The van der Waals surface area contributed by atoms with E-state index >= 15 is 0 Å². The second-order valence-electron chi connectivity index (χ2n) is 4.77. The highest BCUT2D eigenvalue weighted by Crippen LogP contribution is 2.20. The number of hydrazine groups is 1. The zero-order valence-electron chi connectivity index (χ0n) is 12.8. The summed E-state index contributed by atoms with van der Waals surface area (Å²) in [5.41, 5.74) is 5.94. The Labute approximate surface area is 153 Å². The lowest BCUT2D eigenvalue weighted by Crippen LogP contribution is -2.45. The predicted octanol–water partition coefficient (Wildman–Crippen LogP) is 2.68. The first kappa shape index (κ1) is 18.4. The average molecular weight is 380 g/mol. The molecule has 1 amide bonds.